The molecule has 0 aromatic heterocycles. The number of ether oxygens (including phenoxy) is 2. The molecule has 0 spiro atoms. The van der Waals surface area contributed by atoms with Gasteiger partial charge in [-0.15, -0.1) is 0 Å². The van der Waals surface area contributed by atoms with E-state index in [1.165, 1.54) is 7.11 Å². The Balaban J connectivity index is 2.56. The molecular weight excluding hydrogens is 204 g/mol. The van der Waals surface area contributed by atoms with Crippen molar-refractivity contribution >= 4 is 0 Å². The quantitative estimate of drug-likeness (QED) is 0.835. The van der Waals surface area contributed by atoms with Gasteiger partial charge in [0.25, 0.3) is 0 Å². The number of hydrogen-bond donors (Lipinski definition) is 1. The summed E-state index contributed by atoms with van der Waals surface area (Å²) < 4.78 is 10.4. The molecule has 0 aliphatic heterocycles. The molecule has 16 heavy (non-hydrogen) atoms. The summed E-state index contributed by atoms with van der Waals surface area (Å²) in [6, 6.07) is 5.74. The number of benzene rings is 1. The zero-order chi connectivity index (χ0) is 11.8. The Kier molecular flexibility index (Phi) is 2.49. The summed E-state index contributed by atoms with van der Waals surface area (Å²) in [5.41, 5.74) is 7.24. The summed E-state index contributed by atoms with van der Waals surface area (Å²) in [5.74, 6) is 1.03. The van der Waals surface area contributed by atoms with Crippen LogP contribution in [-0.2, 0) is 5.54 Å². The zero-order valence-corrected chi connectivity index (χ0v) is 9.41. The monoisotopic (exact) mass is 218 g/mol. The van der Waals surface area contributed by atoms with Crippen molar-refractivity contribution in [2.24, 2.45) is 5.73 Å². The largest absolute Gasteiger partial charge is 0.493 e. The normalized spacial score (nSPS) is 16.4. The van der Waals surface area contributed by atoms with E-state index in [0.717, 1.165) is 18.4 Å². The highest BCUT2D eigenvalue weighted by Crippen LogP contribution is 2.46. The molecule has 84 valence electrons. The Morgan fingerprint density at radius 3 is 2.44 bits per heavy atom. The fourth-order valence-electron chi connectivity index (χ4n) is 1.76. The Hall–Kier alpha value is -1.73. The first-order valence-electron chi connectivity index (χ1n) is 5.10. The second-order valence-electron chi connectivity index (χ2n) is 4.03. The third-order valence-corrected chi connectivity index (χ3v) is 2.96. The van der Waals surface area contributed by atoms with E-state index < -0.39 is 0 Å². The van der Waals surface area contributed by atoms with Crippen LogP contribution in [0.2, 0.25) is 0 Å². The smallest absolute Gasteiger partial charge is 0.178 e. The summed E-state index contributed by atoms with van der Waals surface area (Å²) in [6.07, 6.45) is 1.90. The third kappa shape index (κ3) is 1.59. The van der Waals surface area contributed by atoms with E-state index in [9.17, 15) is 0 Å². The lowest BCUT2D eigenvalue weighted by atomic mass is 10.0. The Labute approximate surface area is 94.6 Å². The lowest BCUT2D eigenvalue weighted by molar-refractivity contribution is 0.353. The van der Waals surface area contributed by atoms with Crippen molar-refractivity contribution in [3.8, 4) is 17.6 Å². The minimum Gasteiger partial charge on any atom is -0.493 e. The first kappa shape index (κ1) is 10.8. The molecular formula is C12H14N2O2. The molecule has 2 rings (SSSR count). The van der Waals surface area contributed by atoms with Crippen LogP contribution in [0.4, 0.5) is 0 Å². The number of hydrogen-bond acceptors (Lipinski definition) is 4. The van der Waals surface area contributed by atoms with Gasteiger partial charge in [0.2, 0.25) is 0 Å². The van der Waals surface area contributed by atoms with Crippen LogP contribution in [-0.4, -0.2) is 14.2 Å². The highest BCUT2D eigenvalue weighted by Gasteiger charge is 2.41. The van der Waals surface area contributed by atoms with Crippen LogP contribution < -0.4 is 15.2 Å². The zero-order valence-electron chi connectivity index (χ0n) is 9.41. The second kappa shape index (κ2) is 3.69. The molecule has 0 atom stereocenters. The van der Waals surface area contributed by atoms with Gasteiger partial charge in [0.1, 0.15) is 6.07 Å². The molecule has 2 N–H and O–H groups in total. The Morgan fingerprint density at radius 2 is 2.00 bits per heavy atom. The number of nitrogens with two attached hydrogens (primary N) is 1. The van der Waals surface area contributed by atoms with Crippen LogP contribution >= 0.6 is 0 Å². The van der Waals surface area contributed by atoms with E-state index in [1.807, 2.05) is 6.07 Å². The number of methoxy groups -OCH3 is 2. The van der Waals surface area contributed by atoms with Gasteiger partial charge < -0.3 is 15.2 Å². The van der Waals surface area contributed by atoms with Crippen molar-refractivity contribution in [3.63, 3.8) is 0 Å². The lowest BCUT2D eigenvalue weighted by Gasteiger charge is -2.14. The average Bonchev–Trinajstić information content (AvgIpc) is 3.06. The first-order chi connectivity index (χ1) is 7.64. The molecule has 4 heteroatoms. The van der Waals surface area contributed by atoms with Gasteiger partial charge >= 0.3 is 0 Å². The van der Waals surface area contributed by atoms with Crippen molar-refractivity contribution in [3.05, 3.63) is 23.3 Å². The van der Waals surface area contributed by atoms with Gasteiger partial charge in [0, 0.05) is 5.54 Å². The van der Waals surface area contributed by atoms with Crippen LogP contribution in [0.25, 0.3) is 0 Å². The predicted octanol–water partition coefficient (Wildman–Crippen LogP) is 1.52. The first-order valence-corrected chi connectivity index (χ1v) is 5.10. The van der Waals surface area contributed by atoms with E-state index in [4.69, 9.17) is 20.5 Å². The predicted molar refractivity (Wildman–Crippen MR) is 59.4 cm³/mol. The summed E-state index contributed by atoms with van der Waals surface area (Å²) in [7, 11) is 3.08. The van der Waals surface area contributed by atoms with Gasteiger partial charge in [-0.3, -0.25) is 0 Å². The van der Waals surface area contributed by atoms with Crippen molar-refractivity contribution in [2.45, 2.75) is 18.4 Å². The highest BCUT2D eigenvalue weighted by molar-refractivity contribution is 5.56. The molecule has 1 fully saturated rings. The van der Waals surface area contributed by atoms with Crippen molar-refractivity contribution in [1.82, 2.24) is 0 Å². The van der Waals surface area contributed by atoms with Crippen LogP contribution in [0.15, 0.2) is 12.1 Å². The van der Waals surface area contributed by atoms with Crippen LogP contribution in [0.3, 0.4) is 0 Å². The second-order valence-corrected chi connectivity index (χ2v) is 4.03. The summed E-state index contributed by atoms with van der Waals surface area (Å²) in [6.45, 7) is 0. The maximum Gasteiger partial charge on any atom is 0.178 e. The van der Waals surface area contributed by atoms with Crippen molar-refractivity contribution < 1.29 is 9.47 Å². The topological polar surface area (TPSA) is 68.3 Å². The van der Waals surface area contributed by atoms with Gasteiger partial charge in [0.15, 0.2) is 11.5 Å². The van der Waals surface area contributed by atoms with Crippen molar-refractivity contribution in [2.75, 3.05) is 14.2 Å². The van der Waals surface area contributed by atoms with Gasteiger partial charge in [-0.2, -0.15) is 5.26 Å². The highest BCUT2D eigenvalue weighted by atomic mass is 16.5. The molecule has 0 radical (unpaired) electrons. The minimum absolute atomic E-state index is 0.273. The standard InChI is InChI=1S/C12H14N2O2/c1-15-10-6-9(12(14)3-4-12)5-8(7-13)11(10)16-2/h5-6H,3-4,14H2,1-2H3. The molecule has 0 unspecified atom stereocenters. The van der Waals surface area contributed by atoms with E-state index in [2.05, 4.69) is 6.07 Å². The van der Waals surface area contributed by atoms with E-state index in [0.29, 0.717) is 17.1 Å². The fraction of sp³-hybridized carbons (Fsp3) is 0.417. The summed E-state index contributed by atoms with van der Waals surface area (Å²) in [5, 5.41) is 9.05. The molecule has 1 aliphatic rings. The molecule has 1 aromatic carbocycles. The maximum atomic E-state index is 9.05. The average molecular weight is 218 g/mol. The van der Waals surface area contributed by atoms with Crippen LogP contribution in [0.1, 0.15) is 24.0 Å². The maximum absolute atomic E-state index is 9.05. The Bertz CT molecular complexity index is 459. The van der Waals surface area contributed by atoms with Gasteiger partial charge in [-0.05, 0) is 30.5 Å². The van der Waals surface area contributed by atoms with Crippen molar-refractivity contribution in [1.29, 1.82) is 5.26 Å². The number of rotatable bonds is 3. The molecule has 0 bridgehead atoms. The van der Waals surface area contributed by atoms with E-state index in [1.54, 1.807) is 13.2 Å². The molecule has 0 amide bonds. The summed E-state index contributed by atoms with van der Waals surface area (Å²) in [4.78, 5) is 0. The minimum atomic E-state index is -0.273. The van der Waals surface area contributed by atoms with E-state index >= 15 is 0 Å². The van der Waals surface area contributed by atoms with Crippen LogP contribution in [0.5, 0.6) is 11.5 Å². The molecule has 4 nitrogen and oxygen atoms in total. The number of nitriles is 1. The van der Waals surface area contributed by atoms with Gasteiger partial charge in [-0.1, -0.05) is 0 Å². The fourth-order valence-corrected chi connectivity index (χ4v) is 1.76. The van der Waals surface area contributed by atoms with Gasteiger partial charge in [-0.25, -0.2) is 0 Å². The molecule has 0 saturated heterocycles. The third-order valence-electron chi connectivity index (χ3n) is 2.96. The Morgan fingerprint density at radius 1 is 1.31 bits per heavy atom. The molecule has 1 aromatic rings. The molecule has 1 aliphatic carbocycles. The lowest BCUT2D eigenvalue weighted by Crippen LogP contribution is -2.19. The number of nitrogens with zero attached hydrogens (tertiary/aromatic N) is 1. The van der Waals surface area contributed by atoms with E-state index in [-0.39, 0.29) is 5.54 Å². The molecule has 0 heterocycles. The van der Waals surface area contributed by atoms with Crippen LogP contribution in [0, 0.1) is 11.3 Å². The SMILES string of the molecule is COc1cc(C2(N)CC2)cc(C#N)c1OC. The summed E-state index contributed by atoms with van der Waals surface area (Å²) >= 11 is 0. The molecule has 1 saturated carbocycles. The van der Waals surface area contributed by atoms with Gasteiger partial charge in [0.05, 0.1) is 19.8 Å².